The van der Waals surface area contributed by atoms with Crippen LogP contribution in [0.2, 0.25) is 5.02 Å². The average Bonchev–Trinajstić information content (AvgIpc) is 2.54. The molecule has 1 aromatic heterocycles. The maximum Gasteiger partial charge on any atom is 0.278 e. The van der Waals surface area contributed by atoms with Crippen LogP contribution in [0.5, 0.6) is 0 Å². The van der Waals surface area contributed by atoms with Crippen LogP contribution in [0.4, 0.5) is 0 Å². The molecule has 1 aromatic carbocycles. The number of aryl methyl sites for hydroxylation is 1. The van der Waals surface area contributed by atoms with Gasteiger partial charge in [0, 0.05) is 24.8 Å². The largest absolute Gasteiger partial charge is 0.337 e. The molecular weight excluding hydrogens is 338 g/mol. The lowest BCUT2D eigenvalue weighted by molar-refractivity contribution is 0.0613. The summed E-state index contributed by atoms with van der Waals surface area (Å²) in [6, 6.07) is 8.68. The molecule has 1 aliphatic heterocycles. The van der Waals surface area contributed by atoms with Crippen molar-refractivity contribution in [1.82, 2.24) is 14.7 Å². The number of carbonyl (C=O) groups excluding carboxylic acids is 1. The SMILES string of the molecule is Cc1cc(=O)c(C(=O)N2C[C@H](C)C[C@@H](C)C2)nn1-c1ccccc1Cl. The Morgan fingerprint density at radius 2 is 1.84 bits per heavy atom. The fraction of sp³-hybridized carbons (Fsp3) is 0.421. The molecule has 1 aliphatic rings. The Labute approximate surface area is 152 Å². The molecule has 5 nitrogen and oxygen atoms in total. The Bertz CT molecular complexity index is 852. The third-order valence-corrected chi connectivity index (χ3v) is 4.87. The number of amides is 1. The second-order valence-corrected chi connectivity index (χ2v) is 7.43. The summed E-state index contributed by atoms with van der Waals surface area (Å²) in [6.45, 7) is 7.34. The number of benzene rings is 1. The molecular formula is C19H22ClN3O2. The van der Waals surface area contributed by atoms with Gasteiger partial charge in [-0.15, -0.1) is 0 Å². The third kappa shape index (κ3) is 3.61. The molecule has 25 heavy (non-hydrogen) atoms. The second kappa shape index (κ2) is 7.00. The van der Waals surface area contributed by atoms with E-state index >= 15 is 0 Å². The highest BCUT2D eigenvalue weighted by atomic mass is 35.5. The quantitative estimate of drug-likeness (QED) is 0.826. The van der Waals surface area contributed by atoms with Crippen LogP contribution in [0.3, 0.4) is 0 Å². The topological polar surface area (TPSA) is 55.2 Å². The summed E-state index contributed by atoms with van der Waals surface area (Å²) in [5.41, 5.74) is 0.884. The Balaban J connectivity index is 2.02. The molecule has 0 spiro atoms. The first-order valence-electron chi connectivity index (χ1n) is 8.52. The lowest BCUT2D eigenvalue weighted by atomic mass is 9.92. The number of halogens is 1. The van der Waals surface area contributed by atoms with Crippen molar-refractivity contribution in [2.75, 3.05) is 13.1 Å². The van der Waals surface area contributed by atoms with Gasteiger partial charge in [0.25, 0.3) is 5.91 Å². The minimum atomic E-state index is -0.350. The van der Waals surface area contributed by atoms with Gasteiger partial charge in [-0.05, 0) is 37.3 Å². The summed E-state index contributed by atoms with van der Waals surface area (Å²) in [7, 11) is 0. The lowest BCUT2D eigenvalue weighted by Crippen LogP contribution is -2.44. The summed E-state index contributed by atoms with van der Waals surface area (Å²) in [6.07, 6.45) is 1.09. The minimum absolute atomic E-state index is 0.0492. The van der Waals surface area contributed by atoms with Crippen molar-refractivity contribution >= 4 is 17.5 Å². The number of carbonyl (C=O) groups is 1. The number of hydrogen-bond donors (Lipinski definition) is 0. The van der Waals surface area contributed by atoms with Crippen LogP contribution in [0.15, 0.2) is 35.1 Å². The summed E-state index contributed by atoms with van der Waals surface area (Å²) in [5.74, 6) is 0.539. The average molecular weight is 360 g/mol. The van der Waals surface area contributed by atoms with Gasteiger partial charge in [-0.3, -0.25) is 9.59 Å². The first-order chi connectivity index (χ1) is 11.9. The molecule has 1 amide bonds. The minimum Gasteiger partial charge on any atom is -0.337 e. The van der Waals surface area contributed by atoms with Crippen molar-refractivity contribution < 1.29 is 4.79 Å². The van der Waals surface area contributed by atoms with E-state index in [1.165, 1.54) is 6.07 Å². The van der Waals surface area contributed by atoms with Gasteiger partial charge in [0.1, 0.15) is 0 Å². The van der Waals surface area contributed by atoms with Gasteiger partial charge in [-0.25, -0.2) is 4.68 Å². The number of piperidine rings is 1. The van der Waals surface area contributed by atoms with Crippen LogP contribution in [-0.2, 0) is 0 Å². The molecule has 0 unspecified atom stereocenters. The Morgan fingerprint density at radius 1 is 1.20 bits per heavy atom. The lowest BCUT2D eigenvalue weighted by Gasteiger charge is -2.34. The highest BCUT2D eigenvalue weighted by Gasteiger charge is 2.28. The van der Waals surface area contributed by atoms with Gasteiger partial charge in [0.15, 0.2) is 5.69 Å². The molecule has 132 valence electrons. The fourth-order valence-electron chi connectivity index (χ4n) is 3.54. The predicted molar refractivity (Wildman–Crippen MR) is 98.4 cm³/mol. The standard InChI is InChI=1S/C19H22ClN3O2/c1-12-8-13(2)11-22(10-12)19(25)18-17(24)9-14(3)23(21-18)16-7-5-4-6-15(16)20/h4-7,9,12-13H,8,10-11H2,1-3H3/t12-,13-/m1/s1. The van der Waals surface area contributed by atoms with E-state index in [9.17, 15) is 9.59 Å². The van der Waals surface area contributed by atoms with E-state index in [1.807, 2.05) is 18.2 Å². The molecule has 0 aliphatic carbocycles. The third-order valence-electron chi connectivity index (χ3n) is 4.55. The molecule has 3 rings (SSSR count). The van der Waals surface area contributed by atoms with Crippen LogP contribution in [0.1, 0.15) is 36.5 Å². The molecule has 1 fully saturated rings. The zero-order valence-electron chi connectivity index (χ0n) is 14.7. The number of para-hydroxylation sites is 1. The van der Waals surface area contributed by atoms with Crippen molar-refractivity contribution in [3.05, 3.63) is 57.0 Å². The molecule has 0 radical (unpaired) electrons. The zero-order chi connectivity index (χ0) is 18.1. The van der Waals surface area contributed by atoms with Crippen LogP contribution in [-0.4, -0.2) is 33.7 Å². The maximum absolute atomic E-state index is 12.9. The predicted octanol–water partition coefficient (Wildman–Crippen LogP) is 3.31. The molecule has 0 bridgehead atoms. The maximum atomic E-state index is 12.9. The molecule has 1 saturated heterocycles. The smallest absolute Gasteiger partial charge is 0.278 e. The Kier molecular flexibility index (Phi) is 4.95. The first-order valence-corrected chi connectivity index (χ1v) is 8.89. The number of aromatic nitrogens is 2. The number of hydrogen-bond acceptors (Lipinski definition) is 3. The highest BCUT2D eigenvalue weighted by molar-refractivity contribution is 6.32. The Morgan fingerprint density at radius 3 is 2.48 bits per heavy atom. The van der Waals surface area contributed by atoms with Crippen molar-refractivity contribution in [3.8, 4) is 5.69 Å². The van der Waals surface area contributed by atoms with E-state index in [0.29, 0.717) is 41.3 Å². The van der Waals surface area contributed by atoms with E-state index in [1.54, 1.807) is 22.6 Å². The number of nitrogens with zero attached hydrogens (tertiary/aromatic N) is 3. The Hall–Kier alpha value is -2.14. The molecule has 2 aromatic rings. The number of rotatable bonds is 2. The van der Waals surface area contributed by atoms with Gasteiger partial charge < -0.3 is 4.90 Å². The summed E-state index contributed by atoms with van der Waals surface area (Å²) in [5, 5.41) is 4.87. The van der Waals surface area contributed by atoms with E-state index < -0.39 is 0 Å². The van der Waals surface area contributed by atoms with Crippen molar-refractivity contribution in [3.63, 3.8) is 0 Å². The highest BCUT2D eigenvalue weighted by Crippen LogP contribution is 2.23. The van der Waals surface area contributed by atoms with Crippen LogP contribution >= 0.6 is 11.6 Å². The monoisotopic (exact) mass is 359 g/mol. The van der Waals surface area contributed by atoms with Gasteiger partial charge in [-0.1, -0.05) is 37.6 Å². The fourth-order valence-corrected chi connectivity index (χ4v) is 3.76. The normalized spacial score (nSPS) is 20.6. The van der Waals surface area contributed by atoms with Crippen molar-refractivity contribution in [2.24, 2.45) is 11.8 Å². The number of likely N-dealkylation sites (tertiary alicyclic amines) is 1. The molecule has 0 N–H and O–H groups in total. The molecule has 0 saturated carbocycles. The van der Waals surface area contributed by atoms with Gasteiger partial charge >= 0.3 is 0 Å². The van der Waals surface area contributed by atoms with Gasteiger partial charge in [-0.2, -0.15) is 5.10 Å². The first kappa shape index (κ1) is 17.7. The second-order valence-electron chi connectivity index (χ2n) is 7.02. The van der Waals surface area contributed by atoms with E-state index in [2.05, 4.69) is 18.9 Å². The molecule has 2 atom stereocenters. The van der Waals surface area contributed by atoms with Crippen LogP contribution in [0, 0.1) is 18.8 Å². The van der Waals surface area contributed by atoms with Crippen molar-refractivity contribution in [2.45, 2.75) is 27.2 Å². The van der Waals surface area contributed by atoms with Crippen LogP contribution < -0.4 is 5.43 Å². The van der Waals surface area contributed by atoms with Crippen molar-refractivity contribution in [1.29, 1.82) is 0 Å². The van der Waals surface area contributed by atoms with Gasteiger partial charge in [0.2, 0.25) is 5.43 Å². The molecule has 6 heteroatoms. The van der Waals surface area contributed by atoms with Gasteiger partial charge in [0.05, 0.1) is 10.7 Å². The molecule has 2 heterocycles. The van der Waals surface area contributed by atoms with Crippen LogP contribution in [0.25, 0.3) is 5.69 Å². The van der Waals surface area contributed by atoms with E-state index in [-0.39, 0.29) is 17.0 Å². The van der Waals surface area contributed by atoms with E-state index in [4.69, 9.17) is 11.6 Å². The zero-order valence-corrected chi connectivity index (χ0v) is 15.5. The summed E-state index contributed by atoms with van der Waals surface area (Å²) in [4.78, 5) is 27.1. The van der Waals surface area contributed by atoms with E-state index in [0.717, 1.165) is 6.42 Å². The summed E-state index contributed by atoms with van der Waals surface area (Å²) >= 11 is 6.26. The summed E-state index contributed by atoms with van der Waals surface area (Å²) < 4.78 is 1.56.